The smallest absolute Gasteiger partial charge is 0.249 e. The average molecular weight is 275 g/mol. The molecule has 0 saturated carbocycles. The molecule has 1 aromatic carbocycles. The molecule has 2 saturated heterocycles. The van der Waals surface area contributed by atoms with Crippen LogP contribution in [0, 0.1) is 0 Å². The number of rotatable bonds is 4. The first-order valence-corrected chi connectivity index (χ1v) is 7.40. The number of hydrogen-bond donors (Lipinski definition) is 1. The molecule has 2 heterocycles. The van der Waals surface area contributed by atoms with E-state index in [4.69, 9.17) is 9.47 Å². The Bertz CT molecular complexity index is 442. The topological polar surface area (TPSA) is 47.6 Å². The van der Waals surface area contributed by atoms with Crippen LogP contribution in [-0.2, 0) is 14.3 Å². The molecule has 20 heavy (non-hydrogen) atoms. The fourth-order valence-corrected chi connectivity index (χ4v) is 3.01. The summed E-state index contributed by atoms with van der Waals surface area (Å²) >= 11 is 0. The molecule has 3 rings (SSSR count). The van der Waals surface area contributed by atoms with Crippen molar-refractivity contribution in [1.29, 1.82) is 0 Å². The Balaban J connectivity index is 1.58. The first kappa shape index (κ1) is 13.6. The van der Waals surface area contributed by atoms with Gasteiger partial charge in [0, 0.05) is 25.7 Å². The highest BCUT2D eigenvalue weighted by molar-refractivity contribution is 5.82. The maximum absolute atomic E-state index is 12.3. The molecule has 1 N–H and O–H groups in total. The molecule has 4 nitrogen and oxygen atoms in total. The van der Waals surface area contributed by atoms with Gasteiger partial charge >= 0.3 is 0 Å². The lowest BCUT2D eigenvalue weighted by atomic mass is 9.92. The van der Waals surface area contributed by atoms with Gasteiger partial charge in [-0.1, -0.05) is 30.3 Å². The Kier molecular flexibility index (Phi) is 4.33. The number of hydrogen-bond acceptors (Lipinski definition) is 3. The van der Waals surface area contributed by atoms with Crippen LogP contribution in [0.3, 0.4) is 0 Å². The first-order chi connectivity index (χ1) is 9.84. The van der Waals surface area contributed by atoms with Crippen LogP contribution in [0.4, 0.5) is 0 Å². The lowest BCUT2D eigenvalue weighted by molar-refractivity contribution is -0.131. The molecule has 0 radical (unpaired) electrons. The van der Waals surface area contributed by atoms with Crippen molar-refractivity contribution in [3.63, 3.8) is 0 Å². The molecule has 2 aliphatic rings. The van der Waals surface area contributed by atoms with Gasteiger partial charge in [-0.3, -0.25) is 4.79 Å². The summed E-state index contributed by atoms with van der Waals surface area (Å²) in [4.78, 5) is 12.3. The second kappa shape index (κ2) is 6.37. The Morgan fingerprint density at radius 1 is 1.15 bits per heavy atom. The van der Waals surface area contributed by atoms with Crippen LogP contribution in [0.1, 0.15) is 30.7 Å². The lowest BCUT2D eigenvalue weighted by Crippen LogP contribution is -2.40. The van der Waals surface area contributed by atoms with Gasteiger partial charge in [-0.2, -0.15) is 0 Å². The van der Waals surface area contributed by atoms with Gasteiger partial charge in [-0.05, 0) is 24.8 Å². The summed E-state index contributed by atoms with van der Waals surface area (Å²) in [6, 6.07) is 10.1. The summed E-state index contributed by atoms with van der Waals surface area (Å²) in [5.41, 5.74) is 1.18. The van der Waals surface area contributed by atoms with Gasteiger partial charge in [0.15, 0.2) is 0 Å². The van der Waals surface area contributed by atoms with Crippen LogP contribution in [0.25, 0.3) is 0 Å². The van der Waals surface area contributed by atoms with E-state index >= 15 is 0 Å². The van der Waals surface area contributed by atoms with Crippen molar-refractivity contribution in [1.82, 2.24) is 5.32 Å². The van der Waals surface area contributed by atoms with Crippen LogP contribution >= 0.6 is 0 Å². The van der Waals surface area contributed by atoms with Crippen LogP contribution < -0.4 is 5.32 Å². The van der Waals surface area contributed by atoms with Crippen molar-refractivity contribution in [3.8, 4) is 0 Å². The van der Waals surface area contributed by atoms with E-state index in [0.29, 0.717) is 13.2 Å². The Hall–Kier alpha value is -1.39. The summed E-state index contributed by atoms with van der Waals surface area (Å²) in [7, 11) is 0. The first-order valence-electron chi connectivity index (χ1n) is 7.40. The number of carbonyl (C=O) groups is 1. The minimum atomic E-state index is -0.362. The van der Waals surface area contributed by atoms with Crippen molar-refractivity contribution in [2.75, 3.05) is 19.8 Å². The van der Waals surface area contributed by atoms with Gasteiger partial charge in [0.05, 0.1) is 6.10 Å². The predicted molar refractivity (Wildman–Crippen MR) is 75.5 cm³/mol. The van der Waals surface area contributed by atoms with Crippen molar-refractivity contribution in [2.45, 2.75) is 37.4 Å². The number of amides is 1. The average Bonchev–Trinajstić information content (AvgIpc) is 3.17. The molecular formula is C16H21NO3. The molecule has 0 aliphatic carbocycles. The third-order valence-electron chi connectivity index (χ3n) is 4.11. The van der Waals surface area contributed by atoms with Gasteiger partial charge in [0.25, 0.3) is 0 Å². The molecule has 0 unspecified atom stereocenters. The van der Waals surface area contributed by atoms with Crippen molar-refractivity contribution < 1.29 is 14.3 Å². The number of carbonyl (C=O) groups excluding carboxylic acids is 1. The maximum atomic E-state index is 12.3. The zero-order valence-corrected chi connectivity index (χ0v) is 11.6. The highest BCUT2D eigenvalue weighted by Crippen LogP contribution is 2.31. The highest BCUT2D eigenvalue weighted by atomic mass is 16.5. The van der Waals surface area contributed by atoms with Crippen molar-refractivity contribution in [3.05, 3.63) is 35.9 Å². The van der Waals surface area contributed by atoms with E-state index in [-0.39, 0.29) is 24.0 Å². The molecule has 0 aromatic heterocycles. The van der Waals surface area contributed by atoms with E-state index in [9.17, 15) is 4.79 Å². The zero-order valence-electron chi connectivity index (χ0n) is 11.6. The number of ether oxygens (including phenoxy) is 2. The molecule has 0 spiro atoms. The molecule has 1 amide bonds. The second-order valence-electron chi connectivity index (χ2n) is 5.48. The van der Waals surface area contributed by atoms with E-state index in [1.165, 1.54) is 5.56 Å². The fourth-order valence-electron chi connectivity index (χ4n) is 3.01. The van der Waals surface area contributed by atoms with E-state index in [1.54, 1.807) is 0 Å². The summed E-state index contributed by atoms with van der Waals surface area (Å²) in [6.45, 7) is 2.06. The third-order valence-corrected chi connectivity index (χ3v) is 4.11. The Morgan fingerprint density at radius 2 is 2.00 bits per heavy atom. The van der Waals surface area contributed by atoms with Gasteiger partial charge in [0.1, 0.15) is 6.10 Å². The fraction of sp³-hybridized carbons (Fsp3) is 0.562. The van der Waals surface area contributed by atoms with Crippen molar-refractivity contribution >= 4 is 5.91 Å². The lowest BCUT2D eigenvalue weighted by Gasteiger charge is -2.19. The molecule has 108 valence electrons. The normalized spacial score (nSPS) is 29.5. The Labute approximate surface area is 119 Å². The van der Waals surface area contributed by atoms with Crippen LogP contribution in [-0.4, -0.2) is 37.9 Å². The minimum absolute atomic E-state index is 0.00754. The SMILES string of the molecule is O=C(NC[C@@H]1CCCO1)[C@@H]1OCC[C@@H]1c1ccccc1. The maximum Gasteiger partial charge on any atom is 0.249 e. The molecular weight excluding hydrogens is 254 g/mol. The molecule has 1 aromatic rings. The van der Waals surface area contributed by atoms with Gasteiger partial charge in [-0.25, -0.2) is 0 Å². The highest BCUT2D eigenvalue weighted by Gasteiger charge is 2.35. The standard InChI is InChI=1S/C16H21NO3/c18-16(17-11-13-7-4-9-19-13)15-14(8-10-20-15)12-5-2-1-3-6-12/h1-3,5-6,13-15H,4,7-11H2,(H,17,18)/t13-,14+,15+/m0/s1. The van der Waals surface area contributed by atoms with E-state index in [2.05, 4.69) is 17.4 Å². The van der Waals surface area contributed by atoms with Crippen molar-refractivity contribution in [2.24, 2.45) is 0 Å². The van der Waals surface area contributed by atoms with E-state index in [0.717, 1.165) is 25.9 Å². The molecule has 2 fully saturated rings. The molecule has 0 bridgehead atoms. The molecule has 4 heteroatoms. The molecule has 2 aliphatic heterocycles. The zero-order chi connectivity index (χ0) is 13.8. The largest absolute Gasteiger partial charge is 0.376 e. The summed E-state index contributed by atoms with van der Waals surface area (Å²) in [5.74, 6) is 0.160. The summed E-state index contributed by atoms with van der Waals surface area (Å²) in [5, 5.41) is 2.98. The summed E-state index contributed by atoms with van der Waals surface area (Å²) < 4.78 is 11.2. The third kappa shape index (κ3) is 3.02. The second-order valence-corrected chi connectivity index (χ2v) is 5.48. The predicted octanol–water partition coefficient (Wildman–Crippen LogP) is 1.85. The van der Waals surface area contributed by atoms with Gasteiger partial charge in [-0.15, -0.1) is 0 Å². The monoisotopic (exact) mass is 275 g/mol. The minimum Gasteiger partial charge on any atom is -0.376 e. The van der Waals surface area contributed by atoms with Crippen LogP contribution in [0.15, 0.2) is 30.3 Å². The Morgan fingerprint density at radius 3 is 2.75 bits per heavy atom. The van der Waals surface area contributed by atoms with Gasteiger partial charge in [0.2, 0.25) is 5.91 Å². The van der Waals surface area contributed by atoms with Crippen LogP contribution in [0.5, 0.6) is 0 Å². The van der Waals surface area contributed by atoms with E-state index < -0.39 is 0 Å². The van der Waals surface area contributed by atoms with Gasteiger partial charge < -0.3 is 14.8 Å². The molecule has 3 atom stereocenters. The quantitative estimate of drug-likeness (QED) is 0.912. The van der Waals surface area contributed by atoms with Crippen LogP contribution in [0.2, 0.25) is 0 Å². The van der Waals surface area contributed by atoms with E-state index in [1.807, 2.05) is 18.2 Å². The number of benzene rings is 1. The summed E-state index contributed by atoms with van der Waals surface area (Å²) in [6.07, 6.45) is 2.85. The number of nitrogens with one attached hydrogen (secondary N) is 1.